The minimum Gasteiger partial charge on any atom is -0.313 e. The number of halogens is 2. The SMILES string of the molecule is CNC(c1cc(F)cc(F)c1)C1CC1. The van der Waals surface area contributed by atoms with Gasteiger partial charge >= 0.3 is 0 Å². The fourth-order valence-corrected chi connectivity index (χ4v) is 1.86. The molecule has 1 N–H and O–H groups in total. The van der Waals surface area contributed by atoms with Gasteiger partial charge in [-0.1, -0.05) is 0 Å². The van der Waals surface area contributed by atoms with Crippen LogP contribution in [-0.2, 0) is 0 Å². The molecule has 1 nitrogen and oxygen atoms in total. The van der Waals surface area contributed by atoms with E-state index in [1.165, 1.54) is 12.1 Å². The smallest absolute Gasteiger partial charge is 0.126 e. The van der Waals surface area contributed by atoms with Crippen molar-refractivity contribution in [3.63, 3.8) is 0 Å². The largest absolute Gasteiger partial charge is 0.313 e. The molecule has 76 valence electrons. The first-order valence-corrected chi connectivity index (χ1v) is 4.84. The lowest BCUT2D eigenvalue weighted by atomic mass is 10.0. The molecule has 0 aliphatic heterocycles. The van der Waals surface area contributed by atoms with E-state index >= 15 is 0 Å². The van der Waals surface area contributed by atoms with Crippen molar-refractivity contribution < 1.29 is 8.78 Å². The van der Waals surface area contributed by atoms with Crippen LogP contribution < -0.4 is 5.32 Å². The predicted molar refractivity (Wildman–Crippen MR) is 50.9 cm³/mol. The number of nitrogens with one attached hydrogen (secondary N) is 1. The van der Waals surface area contributed by atoms with Crippen LogP contribution in [0.15, 0.2) is 18.2 Å². The van der Waals surface area contributed by atoms with Gasteiger partial charge in [0.25, 0.3) is 0 Å². The summed E-state index contributed by atoms with van der Waals surface area (Å²) in [5.41, 5.74) is 0.715. The maximum atomic E-state index is 12.9. The van der Waals surface area contributed by atoms with E-state index in [1.807, 2.05) is 7.05 Å². The van der Waals surface area contributed by atoms with Crippen molar-refractivity contribution in [3.05, 3.63) is 35.4 Å². The molecule has 0 amide bonds. The number of hydrogen-bond acceptors (Lipinski definition) is 1. The molecule has 0 heterocycles. The monoisotopic (exact) mass is 197 g/mol. The maximum absolute atomic E-state index is 12.9. The van der Waals surface area contributed by atoms with E-state index in [9.17, 15) is 8.78 Å². The van der Waals surface area contributed by atoms with E-state index in [4.69, 9.17) is 0 Å². The minimum absolute atomic E-state index is 0.0974. The molecule has 0 bridgehead atoms. The molecule has 1 unspecified atom stereocenters. The Kier molecular flexibility index (Phi) is 2.50. The van der Waals surface area contributed by atoms with Gasteiger partial charge in [0.05, 0.1) is 0 Å². The van der Waals surface area contributed by atoms with Crippen LogP contribution in [0.3, 0.4) is 0 Å². The van der Waals surface area contributed by atoms with Crippen LogP contribution in [0.25, 0.3) is 0 Å². The van der Waals surface area contributed by atoms with Crippen LogP contribution >= 0.6 is 0 Å². The third-order valence-electron chi connectivity index (χ3n) is 2.65. The van der Waals surface area contributed by atoms with E-state index in [0.29, 0.717) is 11.5 Å². The molecule has 1 aliphatic carbocycles. The molecular formula is C11H13F2N. The zero-order chi connectivity index (χ0) is 10.1. The highest BCUT2D eigenvalue weighted by atomic mass is 19.1. The van der Waals surface area contributed by atoms with E-state index < -0.39 is 11.6 Å². The zero-order valence-corrected chi connectivity index (χ0v) is 8.06. The van der Waals surface area contributed by atoms with Crippen molar-refractivity contribution in [2.45, 2.75) is 18.9 Å². The van der Waals surface area contributed by atoms with Gasteiger partial charge in [0.2, 0.25) is 0 Å². The molecule has 0 saturated heterocycles. The maximum Gasteiger partial charge on any atom is 0.126 e. The first kappa shape index (κ1) is 9.59. The Morgan fingerprint density at radius 2 is 1.79 bits per heavy atom. The zero-order valence-electron chi connectivity index (χ0n) is 8.06. The van der Waals surface area contributed by atoms with Gasteiger partial charge in [-0.15, -0.1) is 0 Å². The number of hydrogen-bond donors (Lipinski definition) is 1. The van der Waals surface area contributed by atoms with Crippen molar-refractivity contribution in [3.8, 4) is 0 Å². The standard InChI is InChI=1S/C11H13F2N/c1-14-11(7-2-3-7)8-4-9(12)6-10(13)5-8/h4-7,11,14H,2-3H2,1H3. The molecule has 0 spiro atoms. The summed E-state index contributed by atoms with van der Waals surface area (Å²) in [5, 5.41) is 3.10. The lowest BCUT2D eigenvalue weighted by molar-refractivity contribution is 0.513. The van der Waals surface area contributed by atoms with Crippen LogP contribution in [0.1, 0.15) is 24.4 Å². The Morgan fingerprint density at radius 3 is 2.21 bits per heavy atom. The molecule has 0 radical (unpaired) electrons. The van der Waals surface area contributed by atoms with Crippen molar-refractivity contribution in [1.29, 1.82) is 0 Å². The normalized spacial score (nSPS) is 18.2. The average Bonchev–Trinajstić information content (AvgIpc) is 2.87. The third kappa shape index (κ3) is 1.93. The van der Waals surface area contributed by atoms with Crippen LogP contribution in [0.2, 0.25) is 0 Å². The van der Waals surface area contributed by atoms with Gasteiger partial charge in [-0.2, -0.15) is 0 Å². The molecule has 1 atom stereocenters. The quantitative estimate of drug-likeness (QED) is 0.785. The summed E-state index contributed by atoms with van der Waals surface area (Å²) in [4.78, 5) is 0. The highest BCUT2D eigenvalue weighted by molar-refractivity contribution is 5.23. The van der Waals surface area contributed by atoms with Crippen LogP contribution in [0, 0.1) is 17.6 Å². The Hall–Kier alpha value is -0.960. The fourth-order valence-electron chi connectivity index (χ4n) is 1.86. The lowest BCUT2D eigenvalue weighted by Crippen LogP contribution is -2.18. The molecule has 1 aromatic rings. The Labute approximate surface area is 82.1 Å². The van der Waals surface area contributed by atoms with Gasteiger partial charge < -0.3 is 5.32 Å². The van der Waals surface area contributed by atoms with E-state index in [0.717, 1.165) is 18.9 Å². The van der Waals surface area contributed by atoms with Crippen molar-refractivity contribution in [2.75, 3.05) is 7.05 Å². The fraction of sp³-hybridized carbons (Fsp3) is 0.455. The molecule has 3 heteroatoms. The van der Waals surface area contributed by atoms with Crippen LogP contribution in [-0.4, -0.2) is 7.05 Å². The summed E-state index contributed by atoms with van der Waals surface area (Å²) >= 11 is 0. The average molecular weight is 197 g/mol. The summed E-state index contributed by atoms with van der Waals surface area (Å²) in [6, 6.07) is 3.81. The van der Waals surface area contributed by atoms with Crippen molar-refractivity contribution in [1.82, 2.24) is 5.32 Å². The number of rotatable bonds is 3. The van der Waals surface area contributed by atoms with E-state index in [-0.39, 0.29) is 6.04 Å². The lowest BCUT2D eigenvalue weighted by Gasteiger charge is -2.15. The van der Waals surface area contributed by atoms with Crippen LogP contribution in [0.4, 0.5) is 8.78 Å². The van der Waals surface area contributed by atoms with Crippen molar-refractivity contribution >= 4 is 0 Å². The molecule has 1 aliphatic rings. The number of benzene rings is 1. The molecule has 1 fully saturated rings. The second-order valence-corrected chi connectivity index (χ2v) is 3.81. The van der Waals surface area contributed by atoms with Gasteiger partial charge in [-0.05, 0) is 43.5 Å². The second-order valence-electron chi connectivity index (χ2n) is 3.81. The van der Waals surface area contributed by atoms with Gasteiger partial charge in [-0.25, -0.2) is 8.78 Å². The Bertz CT molecular complexity index is 314. The summed E-state index contributed by atoms with van der Waals surface area (Å²) < 4.78 is 25.9. The highest BCUT2D eigenvalue weighted by Crippen LogP contribution is 2.40. The van der Waals surface area contributed by atoms with E-state index in [1.54, 1.807) is 0 Å². The second kappa shape index (κ2) is 3.65. The summed E-state index contributed by atoms with van der Waals surface area (Å²) in [7, 11) is 1.83. The molecule has 2 rings (SSSR count). The van der Waals surface area contributed by atoms with Gasteiger partial charge in [0.1, 0.15) is 11.6 Å². The molecule has 1 aromatic carbocycles. The summed E-state index contributed by atoms with van der Waals surface area (Å²) in [6.07, 6.45) is 2.28. The van der Waals surface area contributed by atoms with Crippen molar-refractivity contribution in [2.24, 2.45) is 5.92 Å². The summed E-state index contributed by atoms with van der Waals surface area (Å²) in [5.74, 6) is -0.456. The molecule has 1 saturated carbocycles. The topological polar surface area (TPSA) is 12.0 Å². The Balaban J connectivity index is 2.28. The first-order chi connectivity index (χ1) is 6.70. The highest BCUT2D eigenvalue weighted by Gasteiger charge is 2.31. The van der Waals surface area contributed by atoms with E-state index in [2.05, 4.69) is 5.32 Å². The molecule has 0 aromatic heterocycles. The van der Waals surface area contributed by atoms with Gasteiger partial charge in [-0.3, -0.25) is 0 Å². The summed E-state index contributed by atoms with van der Waals surface area (Å²) in [6.45, 7) is 0. The Morgan fingerprint density at radius 1 is 1.21 bits per heavy atom. The minimum atomic E-state index is -0.499. The predicted octanol–water partition coefficient (Wildman–Crippen LogP) is 2.64. The molecular weight excluding hydrogens is 184 g/mol. The van der Waals surface area contributed by atoms with Gasteiger partial charge in [0.15, 0.2) is 0 Å². The molecule has 14 heavy (non-hydrogen) atoms. The van der Waals surface area contributed by atoms with Crippen LogP contribution in [0.5, 0.6) is 0 Å². The van der Waals surface area contributed by atoms with Gasteiger partial charge in [0, 0.05) is 12.1 Å². The first-order valence-electron chi connectivity index (χ1n) is 4.84. The third-order valence-corrected chi connectivity index (χ3v) is 2.65.